The summed E-state index contributed by atoms with van der Waals surface area (Å²) in [5.74, 6) is 5.38. The third-order valence-corrected chi connectivity index (χ3v) is 3.67. The molecule has 0 unspecified atom stereocenters. The lowest BCUT2D eigenvalue weighted by molar-refractivity contribution is 0.0775. The molecule has 0 aliphatic carbocycles. The van der Waals surface area contributed by atoms with Gasteiger partial charge in [0.05, 0.1) is 6.54 Å². The molecular weight excluding hydrogens is 274 g/mol. The number of aromatic nitrogens is 2. The van der Waals surface area contributed by atoms with Crippen molar-refractivity contribution < 1.29 is 9.90 Å². The second-order valence-electron chi connectivity index (χ2n) is 4.26. The molecule has 2 heterocycles. The summed E-state index contributed by atoms with van der Waals surface area (Å²) in [6.07, 6.45) is 1.61. The van der Waals surface area contributed by atoms with E-state index in [2.05, 4.69) is 16.9 Å². The molecule has 0 radical (unpaired) electrons. The maximum absolute atomic E-state index is 12.2. The fourth-order valence-electron chi connectivity index (χ4n) is 1.76. The quantitative estimate of drug-likeness (QED) is 0.861. The summed E-state index contributed by atoms with van der Waals surface area (Å²) < 4.78 is 1.56. The highest BCUT2D eigenvalue weighted by Gasteiger charge is 2.15. The summed E-state index contributed by atoms with van der Waals surface area (Å²) in [5, 5.41) is 14.6. The third kappa shape index (κ3) is 3.26. The second kappa shape index (κ2) is 6.37. The summed E-state index contributed by atoms with van der Waals surface area (Å²) >= 11 is 1.55. The van der Waals surface area contributed by atoms with Crippen molar-refractivity contribution in [1.82, 2.24) is 14.7 Å². The number of rotatable bonds is 3. The summed E-state index contributed by atoms with van der Waals surface area (Å²) in [5.41, 5.74) is 1.42. The number of amides is 1. The van der Waals surface area contributed by atoms with Gasteiger partial charge >= 0.3 is 0 Å². The van der Waals surface area contributed by atoms with Crippen LogP contribution in [0.3, 0.4) is 0 Å². The number of aliphatic hydroxyl groups is 1. The van der Waals surface area contributed by atoms with Crippen LogP contribution in [-0.4, -0.2) is 39.3 Å². The van der Waals surface area contributed by atoms with Crippen molar-refractivity contribution in [3.8, 4) is 11.8 Å². The van der Waals surface area contributed by atoms with Gasteiger partial charge in [-0.25, -0.2) is 0 Å². The van der Waals surface area contributed by atoms with Gasteiger partial charge in [-0.1, -0.05) is 11.8 Å². The molecule has 0 saturated heterocycles. The Labute approximate surface area is 121 Å². The minimum Gasteiger partial charge on any atom is -0.384 e. The lowest BCUT2D eigenvalue weighted by Gasteiger charge is -2.15. The molecular formula is C14H15N3O2S. The van der Waals surface area contributed by atoms with Crippen LogP contribution in [0.15, 0.2) is 23.7 Å². The van der Waals surface area contributed by atoms with Crippen LogP contribution < -0.4 is 0 Å². The van der Waals surface area contributed by atoms with E-state index in [9.17, 15) is 4.79 Å². The van der Waals surface area contributed by atoms with E-state index in [0.717, 1.165) is 10.4 Å². The third-order valence-electron chi connectivity index (χ3n) is 2.75. The lowest BCUT2D eigenvalue weighted by Crippen LogP contribution is -2.27. The highest BCUT2D eigenvalue weighted by atomic mass is 32.1. The molecule has 1 N–H and O–H groups in total. The van der Waals surface area contributed by atoms with E-state index < -0.39 is 0 Å². The van der Waals surface area contributed by atoms with Gasteiger partial charge < -0.3 is 10.0 Å². The average Bonchev–Trinajstić information content (AvgIpc) is 3.04. The number of aliphatic hydroxyl groups excluding tert-OH is 1. The highest BCUT2D eigenvalue weighted by Crippen LogP contribution is 2.16. The molecule has 2 rings (SSSR count). The zero-order valence-corrected chi connectivity index (χ0v) is 12.1. The average molecular weight is 289 g/mol. The van der Waals surface area contributed by atoms with Crippen LogP contribution in [0.5, 0.6) is 0 Å². The molecule has 1 amide bonds. The van der Waals surface area contributed by atoms with Gasteiger partial charge in [0.25, 0.3) is 5.91 Å². The topological polar surface area (TPSA) is 58.4 Å². The Morgan fingerprint density at radius 2 is 2.40 bits per heavy atom. The molecule has 20 heavy (non-hydrogen) atoms. The predicted octanol–water partition coefficient (Wildman–Crippen LogP) is 1.10. The van der Waals surface area contributed by atoms with Crippen LogP contribution in [0.1, 0.15) is 20.9 Å². The van der Waals surface area contributed by atoms with E-state index in [4.69, 9.17) is 5.11 Å². The summed E-state index contributed by atoms with van der Waals surface area (Å²) in [6.45, 7) is 0.375. The summed E-state index contributed by atoms with van der Waals surface area (Å²) in [4.78, 5) is 14.9. The van der Waals surface area contributed by atoms with E-state index in [1.807, 2.05) is 11.4 Å². The first-order chi connectivity index (χ1) is 9.61. The first kappa shape index (κ1) is 14.3. The van der Waals surface area contributed by atoms with Gasteiger partial charge in [0.2, 0.25) is 0 Å². The lowest BCUT2D eigenvalue weighted by atomic mass is 10.3. The number of hydrogen-bond acceptors (Lipinski definition) is 4. The normalized spacial score (nSPS) is 9.95. The number of nitrogens with zero attached hydrogens (tertiary/aromatic N) is 3. The molecule has 0 aliphatic heterocycles. The standard InChI is InChI=1S/C14H15N3O2S/c1-16(14(19)13-5-6-15-17(13)2)9-12-8-11(10-20-12)4-3-7-18/h5-6,8,10,18H,7,9H2,1-2H3. The highest BCUT2D eigenvalue weighted by molar-refractivity contribution is 7.10. The molecule has 0 spiro atoms. The molecule has 2 aromatic rings. The van der Waals surface area contributed by atoms with Gasteiger partial charge in [0.15, 0.2) is 0 Å². The Morgan fingerprint density at radius 1 is 1.60 bits per heavy atom. The van der Waals surface area contributed by atoms with Crippen molar-refractivity contribution in [2.24, 2.45) is 7.05 Å². The Kier molecular flexibility index (Phi) is 4.56. The van der Waals surface area contributed by atoms with Crippen LogP contribution in [0.4, 0.5) is 0 Å². The Morgan fingerprint density at radius 3 is 3.05 bits per heavy atom. The molecule has 0 saturated carbocycles. The van der Waals surface area contributed by atoms with Crippen molar-refractivity contribution in [1.29, 1.82) is 0 Å². The van der Waals surface area contributed by atoms with E-state index >= 15 is 0 Å². The fourth-order valence-corrected chi connectivity index (χ4v) is 2.62. The maximum Gasteiger partial charge on any atom is 0.272 e. The minimum absolute atomic E-state index is 0.0682. The molecule has 6 heteroatoms. The van der Waals surface area contributed by atoms with Crippen molar-refractivity contribution >= 4 is 17.2 Å². The number of carbonyl (C=O) groups excluding carboxylic acids is 1. The van der Waals surface area contributed by atoms with Crippen molar-refractivity contribution in [3.05, 3.63) is 39.8 Å². The number of thiophene rings is 1. The number of aryl methyl sites for hydroxylation is 1. The van der Waals surface area contributed by atoms with Gasteiger partial charge in [-0.2, -0.15) is 5.10 Å². The molecule has 0 bridgehead atoms. The van der Waals surface area contributed by atoms with E-state index in [-0.39, 0.29) is 12.5 Å². The predicted molar refractivity (Wildman–Crippen MR) is 77.3 cm³/mol. The van der Waals surface area contributed by atoms with Gasteiger partial charge in [-0.15, -0.1) is 11.3 Å². The van der Waals surface area contributed by atoms with E-state index in [1.165, 1.54) is 0 Å². The Balaban J connectivity index is 2.04. The maximum atomic E-state index is 12.2. The van der Waals surface area contributed by atoms with Crippen LogP contribution in [0.25, 0.3) is 0 Å². The Hall–Kier alpha value is -2.10. The van der Waals surface area contributed by atoms with Gasteiger partial charge in [0, 0.05) is 36.1 Å². The largest absolute Gasteiger partial charge is 0.384 e. The molecule has 5 nitrogen and oxygen atoms in total. The van der Waals surface area contributed by atoms with E-state index in [0.29, 0.717) is 12.2 Å². The Bertz CT molecular complexity index is 663. The molecule has 2 aromatic heterocycles. The molecule has 0 fully saturated rings. The van der Waals surface area contributed by atoms with Gasteiger partial charge in [0.1, 0.15) is 12.3 Å². The monoisotopic (exact) mass is 289 g/mol. The summed E-state index contributed by atoms with van der Waals surface area (Å²) in [6, 6.07) is 3.63. The first-order valence-electron chi connectivity index (χ1n) is 6.02. The number of carbonyl (C=O) groups is 1. The minimum atomic E-state index is -0.149. The van der Waals surface area contributed by atoms with Gasteiger partial charge in [-0.3, -0.25) is 9.48 Å². The van der Waals surface area contributed by atoms with Crippen LogP contribution >= 0.6 is 11.3 Å². The molecule has 0 aliphatic rings. The number of hydrogen-bond donors (Lipinski definition) is 1. The van der Waals surface area contributed by atoms with Crippen molar-refractivity contribution in [2.45, 2.75) is 6.54 Å². The van der Waals surface area contributed by atoms with Gasteiger partial charge in [-0.05, 0) is 12.1 Å². The smallest absolute Gasteiger partial charge is 0.272 e. The second-order valence-corrected chi connectivity index (χ2v) is 5.26. The summed E-state index contributed by atoms with van der Waals surface area (Å²) in [7, 11) is 3.50. The van der Waals surface area contributed by atoms with Crippen molar-refractivity contribution in [3.63, 3.8) is 0 Å². The van der Waals surface area contributed by atoms with Crippen LogP contribution in [0.2, 0.25) is 0 Å². The molecule has 104 valence electrons. The van der Waals surface area contributed by atoms with E-state index in [1.54, 1.807) is 47.3 Å². The fraction of sp³-hybridized carbons (Fsp3) is 0.286. The SMILES string of the molecule is CN(Cc1cc(C#CCO)cs1)C(=O)c1ccnn1C. The first-order valence-corrected chi connectivity index (χ1v) is 6.90. The molecule has 0 atom stereocenters. The van der Waals surface area contributed by atoms with Crippen LogP contribution in [0, 0.1) is 11.8 Å². The zero-order chi connectivity index (χ0) is 14.5. The zero-order valence-electron chi connectivity index (χ0n) is 11.3. The molecule has 0 aromatic carbocycles. The van der Waals surface area contributed by atoms with Crippen LogP contribution in [-0.2, 0) is 13.6 Å². The van der Waals surface area contributed by atoms with Crippen molar-refractivity contribution in [2.75, 3.05) is 13.7 Å².